The van der Waals surface area contributed by atoms with E-state index in [1.54, 1.807) is 4.90 Å². The van der Waals surface area contributed by atoms with Gasteiger partial charge in [-0.1, -0.05) is 0 Å². The molecule has 1 saturated heterocycles. The molecule has 4 nitrogen and oxygen atoms in total. The predicted octanol–water partition coefficient (Wildman–Crippen LogP) is 1.55. The van der Waals surface area contributed by atoms with Crippen LogP contribution in [0.5, 0.6) is 0 Å². The molecule has 4 heteroatoms. The molecule has 1 aromatic heterocycles. The highest BCUT2D eigenvalue weighted by atomic mass is 16.3. The van der Waals surface area contributed by atoms with Gasteiger partial charge in [-0.3, -0.25) is 4.79 Å². The Hall–Kier alpha value is -1.29. The van der Waals surface area contributed by atoms with Gasteiger partial charge in [0.05, 0.1) is 12.0 Å². The number of furan rings is 1. The van der Waals surface area contributed by atoms with Crippen LogP contribution < -0.4 is 5.32 Å². The minimum absolute atomic E-state index is 0.191. The first-order chi connectivity index (χ1) is 8.01. The van der Waals surface area contributed by atoms with E-state index >= 15 is 0 Å². The Morgan fingerprint density at radius 2 is 2.35 bits per heavy atom. The summed E-state index contributed by atoms with van der Waals surface area (Å²) in [6, 6.07) is 3.85. The first-order valence-electron chi connectivity index (χ1n) is 6.03. The molecule has 0 bridgehead atoms. The van der Waals surface area contributed by atoms with Crippen LogP contribution >= 0.6 is 0 Å². The lowest BCUT2D eigenvalue weighted by Gasteiger charge is -2.27. The molecule has 1 N–H and O–H groups in total. The van der Waals surface area contributed by atoms with Gasteiger partial charge in [0.1, 0.15) is 11.5 Å². The quantitative estimate of drug-likeness (QED) is 0.866. The average molecular weight is 236 g/mol. The molecule has 1 aliphatic rings. The summed E-state index contributed by atoms with van der Waals surface area (Å²) in [5, 5.41) is 3.25. The lowest BCUT2D eigenvalue weighted by Crippen LogP contribution is -2.41. The molecule has 1 fully saturated rings. The van der Waals surface area contributed by atoms with Gasteiger partial charge in [-0.05, 0) is 38.9 Å². The molecule has 1 aromatic rings. The maximum absolute atomic E-state index is 12.3. The number of carbonyl (C=O) groups excluding carboxylic acids is 1. The van der Waals surface area contributed by atoms with Crippen LogP contribution in [0.15, 0.2) is 16.5 Å². The molecule has 1 amide bonds. The highest BCUT2D eigenvalue weighted by molar-refractivity contribution is 5.82. The number of aryl methyl sites for hydroxylation is 1. The van der Waals surface area contributed by atoms with Gasteiger partial charge in [0.25, 0.3) is 0 Å². The summed E-state index contributed by atoms with van der Waals surface area (Å²) in [4.78, 5) is 14.1. The minimum atomic E-state index is -0.254. The molecule has 0 radical (unpaired) electrons. The second-order valence-corrected chi connectivity index (χ2v) is 5.16. The van der Waals surface area contributed by atoms with E-state index in [4.69, 9.17) is 4.42 Å². The SMILES string of the molecule is Cc1ccc(CN(C)C(=O)C2(C)CCNC2)o1. The maximum Gasteiger partial charge on any atom is 0.229 e. The summed E-state index contributed by atoms with van der Waals surface area (Å²) in [5.74, 6) is 1.92. The fraction of sp³-hybridized carbons (Fsp3) is 0.615. The Balaban J connectivity index is 2.00. The molecule has 17 heavy (non-hydrogen) atoms. The summed E-state index contributed by atoms with van der Waals surface area (Å²) in [5.41, 5.74) is -0.254. The summed E-state index contributed by atoms with van der Waals surface area (Å²) in [7, 11) is 1.84. The van der Waals surface area contributed by atoms with Crippen molar-refractivity contribution < 1.29 is 9.21 Å². The van der Waals surface area contributed by atoms with Crippen LogP contribution in [0.2, 0.25) is 0 Å². The molecule has 2 rings (SSSR count). The molecular weight excluding hydrogens is 216 g/mol. The molecule has 0 aliphatic carbocycles. The van der Waals surface area contributed by atoms with Crippen LogP contribution in [0.3, 0.4) is 0 Å². The lowest BCUT2D eigenvalue weighted by atomic mass is 9.88. The maximum atomic E-state index is 12.3. The molecule has 94 valence electrons. The van der Waals surface area contributed by atoms with Gasteiger partial charge in [-0.25, -0.2) is 0 Å². The number of amides is 1. The third kappa shape index (κ3) is 2.52. The fourth-order valence-electron chi connectivity index (χ4n) is 2.34. The normalized spacial score (nSPS) is 23.9. The van der Waals surface area contributed by atoms with E-state index in [1.165, 1.54) is 0 Å². The number of rotatable bonds is 3. The average Bonchev–Trinajstić information content (AvgIpc) is 2.88. The Kier molecular flexibility index (Phi) is 3.24. The highest BCUT2D eigenvalue weighted by Crippen LogP contribution is 2.27. The van der Waals surface area contributed by atoms with Crippen molar-refractivity contribution in [3.63, 3.8) is 0 Å². The van der Waals surface area contributed by atoms with Crippen molar-refractivity contribution in [3.8, 4) is 0 Å². The van der Waals surface area contributed by atoms with Crippen molar-refractivity contribution in [2.75, 3.05) is 20.1 Å². The van der Waals surface area contributed by atoms with E-state index < -0.39 is 0 Å². The summed E-state index contributed by atoms with van der Waals surface area (Å²) in [6.07, 6.45) is 0.910. The largest absolute Gasteiger partial charge is 0.464 e. The van der Waals surface area contributed by atoms with Crippen LogP contribution in [0.25, 0.3) is 0 Å². The first-order valence-corrected chi connectivity index (χ1v) is 6.03. The number of hydrogen-bond acceptors (Lipinski definition) is 3. The van der Waals surface area contributed by atoms with E-state index in [9.17, 15) is 4.79 Å². The van der Waals surface area contributed by atoms with Gasteiger partial charge in [0, 0.05) is 13.6 Å². The molecule has 1 atom stereocenters. The third-order valence-corrected chi connectivity index (χ3v) is 3.42. The van der Waals surface area contributed by atoms with Gasteiger partial charge in [0.2, 0.25) is 5.91 Å². The van der Waals surface area contributed by atoms with Gasteiger partial charge >= 0.3 is 0 Å². The summed E-state index contributed by atoms with van der Waals surface area (Å²) in [6.45, 7) is 6.18. The molecule has 0 spiro atoms. The Bertz CT molecular complexity index is 405. The van der Waals surface area contributed by atoms with Crippen LogP contribution in [0, 0.1) is 12.3 Å². The van der Waals surface area contributed by atoms with Gasteiger partial charge in [-0.2, -0.15) is 0 Å². The molecule has 2 heterocycles. The summed E-state index contributed by atoms with van der Waals surface area (Å²) >= 11 is 0. The van der Waals surface area contributed by atoms with E-state index in [1.807, 2.05) is 33.0 Å². The Morgan fingerprint density at radius 1 is 1.59 bits per heavy atom. The zero-order valence-corrected chi connectivity index (χ0v) is 10.7. The summed E-state index contributed by atoms with van der Waals surface area (Å²) < 4.78 is 5.49. The zero-order valence-electron chi connectivity index (χ0n) is 10.7. The topological polar surface area (TPSA) is 45.5 Å². The standard InChI is InChI=1S/C13H20N2O2/c1-10-4-5-11(17-10)8-15(3)12(16)13(2)6-7-14-9-13/h4-5,14H,6-9H2,1-3H3. The van der Waals surface area contributed by atoms with Crippen molar-refractivity contribution in [2.24, 2.45) is 5.41 Å². The molecule has 1 aliphatic heterocycles. The predicted molar refractivity (Wildman–Crippen MR) is 65.5 cm³/mol. The minimum Gasteiger partial charge on any atom is -0.464 e. The number of carbonyl (C=O) groups is 1. The second kappa shape index (κ2) is 4.53. The highest BCUT2D eigenvalue weighted by Gasteiger charge is 2.38. The van der Waals surface area contributed by atoms with Crippen molar-refractivity contribution in [2.45, 2.75) is 26.8 Å². The van der Waals surface area contributed by atoms with Crippen LogP contribution in [-0.2, 0) is 11.3 Å². The van der Waals surface area contributed by atoms with E-state index in [-0.39, 0.29) is 11.3 Å². The van der Waals surface area contributed by atoms with Gasteiger partial charge < -0.3 is 14.6 Å². The number of hydrogen-bond donors (Lipinski definition) is 1. The lowest BCUT2D eigenvalue weighted by molar-refractivity contribution is -0.139. The van der Waals surface area contributed by atoms with E-state index in [2.05, 4.69) is 5.32 Å². The molecule has 0 saturated carbocycles. The number of nitrogens with one attached hydrogen (secondary N) is 1. The van der Waals surface area contributed by atoms with E-state index in [0.717, 1.165) is 31.0 Å². The molecule has 0 aromatic carbocycles. The Morgan fingerprint density at radius 3 is 2.88 bits per heavy atom. The zero-order chi connectivity index (χ0) is 12.5. The fourth-order valence-corrected chi connectivity index (χ4v) is 2.34. The van der Waals surface area contributed by atoms with Crippen molar-refractivity contribution in [1.82, 2.24) is 10.2 Å². The van der Waals surface area contributed by atoms with Crippen molar-refractivity contribution in [1.29, 1.82) is 0 Å². The van der Waals surface area contributed by atoms with E-state index in [0.29, 0.717) is 6.54 Å². The Labute approximate surface area is 102 Å². The van der Waals surface area contributed by atoms with Crippen molar-refractivity contribution >= 4 is 5.91 Å². The number of nitrogens with zero attached hydrogens (tertiary/aromatic N) is 1. The third-order valence-electron chi connectivity index (χ3n) is 3.42. The smallest absolute Gasteiger partial charge is 0.229 e. The van der Waals surface area contributed by atoms with Crippen LogP contribution in [-0.4, -0.2) is 30.9 Å². The molecular formula is C13H20N2O2. The molecule has 1 unspecified atom stereocenters. The second-order valence-electron chi connectivity index (χ2n) is 5.16. The van der Waals surface area contributed by atoms with Crippen LogP contribution in [0.4, 0.5) is 0 Å². The monoisotopic (exact) mass is 236 g/mol. The van der Waals surface area contributed by atoms with Crippen molar-refractivity contribution in [3.05, 3.63) is 23.7 Å². The van der Waals surface area contributed by atoms with Crippen LogP contribution in [0.1, 0.15) is 24.9 Å². The van der Waals surface area contributed by atoms with Gasteiger partial charge in [0.15, 0.2) is 0 Å². The van der Waals surface area contributed by atoms with Gasteiger partial charge in [-0.15, -0.1) is 0 Å². The first kappa shape index (κ1) is 12.2.